The first kappa shape index (κ1) is 15.1. The summed E-state index contributed by atoms with van der Waals surface area (Å²) in [7, 11) is 0. The van der Waals surface area contributed by atoms with Crippen LogP contribution in [0.2, 0.25) is 0 Å². The number of hydrogen-bond acceptors (Lipinski definition) is 6. The lowest BCUT2D eigenvalue weighted by Gasteiger charge is -2.29. The monoisotopic (exact) mass is 320 g/mol. The zero-order chi connectivity index (χ0) is 15.5. The van der Waals surface area contributed by atoms with Gasteiger partial charge < -0.3 is 9.52 Å². The smallest absolute Gasteiger partial charge is 0.230 e. The Kier molecular flexibility index (Phi) is 4.44. The Morgan fingerprint density at radius 3 is 2.73 bits per heavy atom. The predicted octanol–water partition coefficient (Wildman–Crippen LogP) is 3.30. The maximum atomic E-state index is 10.5. The summed E-state index contributed by atoms with van der Waals surface area (Å²) in [5.74, 6) is 0.984. The number of aromatic hydroxyl groups is 1. The lowest BCUT2D eigenvalue weighted by atomic mass is 10.1. The minimum atomic E-state index is -0.108. The molecule has 3 aromatic rings. The molecule has 0 saturated carbocycles. The summed E-state index contributed by atoms with van der Waals surface area (Å²) in [5.41, 5.74) is 0. The molecular formula is C15H20N4O2S. The first-order chi connectivity index (χ1) is 10.8. The van der Waals surface area contributed by atoms with Crippen LogP contribution in [0.25, 0.3) is 4.96 Å². The molecule has 118 valence electrons. The fraction of sp³-hybridized carbons (Fsp3) is 0.467. The maximum absolute atomic E-state index is 10.5. The van der Waals surface area contributed by atoms with Gasteiger partial charge in [-0.15, -0.1) is 0 Å². The SMILES string of the molecule is CCCN(CCC)C(c1ccco1)c1sc2ncnn2c1O. The average Bonchev–Trinajstić information content (AvgIpc) is 3.21. The summed E-state index contributed by atoms with van der Waals surface area (Å²) < 4.78 is 7.13. The lowest BCUT2D eigenvalue weighted by Crippen LogP contribution is -2.30. The molecule has 1 atom stereocenters. The van der Waals surface area contributed by atoms with Gasteiger partial charge >= 0.3 is 0 Å². The van der Waals surface area contributed by atoms with Crippen LogP contribution in [-0.2, 0) is 0 Å². The Balaban J connectivity index is 2.07. The molecule has 0 aliphatic heterocycles. The molecule has 3 aromatic heterocycles. The van der Waals surface area contributed by atoms with E-state index in [2.05, 4.69) is 28.8 Å². The van der Waals surface area contributed by atoms with Crippen molar-refractivity contribution in [1.29, 1.82) is 0 Å². The van der Waals surface area contributed by atoms with Crippen LogP contribution in [0.4, 0.5) is 0 Å². The van der Waals surface area contributed by atoms with Crippen molar-refractivity contribution in [2.24, 2.45) is 0 Å². The third-order valence-electron chi connectivity index (χ3n) is 3.59. The molecule has 0 amide bonds. The van der Waals surface area contributed by atoms with Crippen molar-refractivity contribution in [2.75, 3.05) is 13.1 Å². The van der Waals surface area contributed by atoms with E-state index in [1.807, 2.05) is 12.1 Å². The standard InChI is InChI=1S/C15H20N4O2S/c1-3-7-18(8-4-2)12(11-6-5-9-21-11)13-14(20)19-15(22-13)16-10-17-19/h5-6,9-10,12,20H,3-4,7-8H2,1-2H3. The molecule has 1 unspecified atom stereocenters. The zero-order valence-electron chi connectivity index (χ0n) is 12.8. The van der Waals surface area contributed by atoms with Crippen LogP contribution >= 0.6 is 11.3 Å². The summed E-state index contributed by atoms with van der Waals surface area (Å²) in [4.78, 5) is 8.03. The molecule has 0 bridgehead atoms. The molecule has 0 radical (unpaired) electrons. The van der Waals surface area contributed by atoms with Gasteiger partial charge in [-0.05, 0) is 38.1 Å². The van der Waals surface area contributed by atoms with Gasteiger partial charge in [-0.1, -0.05) is 25.2 Å². The molecular weight excluding hydrogens is 300 g/mol. The van der Waals surface area contributed by atoms with E-state index in [-0.39, 0.29) is 11.9 Å². The largest absolute Gasteiger partial charge is 0.492 e. The van der Waals surface area contributed by atoms with Crippen LogP contribution in [-0.4, -0.2) is 37.7 Å². The van der Waals surface area contributed by atoms with Crippen molar-refractivity contribution in [3.8, 4) is 5.88 Å². The number of thiazole rings is 1. The van der Waals surface area contributed by atoms with Gasteiger partial charge in [0.2, 0.25) is 10.8 Å². The molecule has 22 heavy (non-hydrogen) atoms. The van der Waals surface area contributed by atoms with Crippen LogP contribution in [0.1, 0.15) is 43.4 Å². The average molecular weight is 320 g/mol. The number of furan rings is 1. The number of rotatable bonds is 7. The van der Waals surface area contributed by atoms with E-state index in [4.69, 9.17) is 4.42 Å². The highest BCUT2D eigenvalue weighted by Gasteiger charge is 2.30. The lowest BCUT2D eigenvalue weighted by molar-refractivity contribution is 0.202. The van der Waals surface area contributed by atoms with Crippen LogP contribution in [0.3, 0.4) is 0 Å². The molecule has 7 heteroatoms. The predicted molar refractivity (Wildman–Crippen MR) is 85.2 cm³/mol. The van der Waals surface area contributed by atoms with Crippen LogP contribution in [0, 0.1) is 0 Å². The maximum Gasteiger partial charge on any atom is 0.230 e. The topological polar surface area (TPSA) is 66.8 Å². The highest BCUT2D eigenvalue weighted by Crippen LogP contribution is 2.39. The number of hydrogen-bond donors (Lipinski definition) is 1. The van der Waals surface area contributed by atoms with Gasteiger partial charge in [0.1, 0.15) is 18.1 Å². The van der Waals surface area contributed by atoms with Crippen molar-refractivity contribution in [1.82, 2.24) is 19.5 Å². The van der Waals surface area contributed by atoms with E-state index in [1.165, 1.54) is 22.2 Å². The van der Waals surface area contributed by atoms with E-state index >= 15 is 0 Å². The van der Waals surface area contributed by atoms with Crippen molar-refractivity contribution in [3.05, 3.63) is 35.4 Å². The Bertz CT molecular complexity index is 713. The van der Waals surface area contributed by atoms with Gasteiger partial charge in [-0.2, -0.15) is 9.61 Å². The molecule has 6 nitrogen and oxygen atoms in total. The molecule has 0 aliphatic carbocycles. The number of fused-ring (bicyclic) bond motifs is 1. The molecule has 0 aliphatic rings. The summed E-state index contributed by atoms with van der Waals surface area (Å²) in [6, 6.07) is 3.73. The summed E-state index contributed by atoms with van der Waals surface area (Å²) in [5, 5.41) is 14.6. The van der Waals surface area contributed by atoms with Crippen molar-refractivity contribution in [2.45, 2.75) is 32.7 Å². The quantitative estimate of drug-likeness (QED) is 0.723. The van der Waals surface area contributed by atoms with E-state index in [0.29, 0.717) is 4.96 Å². The third-order valence-corrected chi connectivity index (χ3v) is 4.67. The van der Waals surface area contributed by atoms with E-state index < -0.39 is 0 Å². The van der Waals surface area contributed by atoms with Crippen molar-refractivity contribution >= 4 is 16.3 Å². The summed E-state index contributed by atoms with van der Waals surface area (Å²) >= 11 is 1.45. The second kappa shape index (κ2) is 6.50. The van der Waals surface area contributed by atoms with Crippen LogP contribution in [0.15, 0.2) is 29.1 Å². The second-order valence-corrected chi connectivity index (χ2v) is 6.21. The van der Waals surface area contributed by atoms with Gasteiger partial charge in [-0.25, -0.2) is 4.98 Å². The van der Waals surface area contributed by atoms with Crippen LogP contribution in [0.5, 0.6) is 5.88 Å². The first-order valence-electron chi connectivity index (χ1n) is 7.55. The molecule has 0 spiro atoms. The van der Waals surface area contributed by atoms with Gasteiger partial charge in [0.05, 0.1) is 11.1 Å². The van der Waals surface area contributed by atoms with Gasteiger partial charge in [0.25, 0.3) is 0 Å². The molecule has 1 N–H and O–H groups in total. The van der Waals surface area contributed by atoms with E-state index in [1.54, 1.807) is 6.26 Å². The van der Waals surface area contributed by atoms with Gasteiger partial charge in [0, 0.05) is 0 Å². The van der Waals surface area contributed by atoms with E-state index in [9.17, 15) is 5.11 Å². The molecule has 3 rings (SSSR count). The molecule has 0 saturated heterocycles. The zero-order valence-corrected chi connectivity index (χ0v) is 13.6. The second-order valence-electron chi connectivity index (χ2n) is 5.20. The van der Waals surface area contributed by atoms with Gasteiger partial charge in [0.15, 0.2) is 0 Å². The van der Waals surface area contributed by atoms with Crippen LogP contribution < -0.4 is 0 Å². The Labute approximate surface area is 133 Å². The normalized spacial score (nSPS) is 13.2. The van der Waals surface area contributed by atoms with Crippen molar-refractivity contribution < 1.29 is 9.52 Å². The first-order valence-corrected chi connectivity index (χ1v) is 8.36. The van der Waals surface area contributed by atoms with Gasteiger partial charge in [-0.3, -0.25) is 4.90 Å². The minimum absolute atomic E-state index is 0.108. The Hall–Kier alpha value is -1.86. The molecule has 3 heterocycles. The number of nitrogens with zero attached hydrogens (tertiary/aromatic N) is 4. The molecule has 0 fully saturated rings. The Morgan fingerprint density at radius 2 is 2.14 bits per heavy atom. The summed E-state index contributed by atoms with van der Waals surface area (Å²) in [6.07, 6.45) is 5.21. The molecule has 0 aromatic carbocycles. The fourth-order valence-corrected chi connectivity index (χ4v) is 3.81. The highest BCUT2D eigenvalue weighted by molar-refractivity contribution is 7.17. The van der Waals surface area contributed by atoms with E-state index in [0.717, 1.165) is 36.6 Å². The Morgan fingerprint density at radius 1 is 1.36 bits per heavy atom. The fourth-order valence-electron chi connectivity index (χ4n) is 2.74. The minimum Gasteiger partial charge on any atom is -0.492 e. The highest BCUT2D eigenvalue weighted by atomic mass is 32.1. The number of aromatic nitrogens is 3. The summed E-state index contributed by atoms with van der Waals surface area (Å²) in [6.45, 7) is 6.19. The van der Waals surface area contributed by atoms with Crippen molar-refractivity contribution in [3.63, 3.8) is 0 Å². The third kappa shape index (κ3) is 2.62.